The number of ether oxygens (including phenoxy) is 1. The van der Waals surface area contributed by atoms with Crippen molar-refractivity contribution in [2.45, 2.75) is 38.6 Å². The Hall–Kier alpha value is -1.67. The maximum absolute atomic E-state index is 13.3. The number of nitriles is 1. The topological polar surface area (TPSA) is 45.0 Å². The summed E-state index contributed by atoms with van der Waals surface area (Å²) in [5.74, 6) is -1.94. The molecule has 1 atom stereocenters. The van der Waals surface area contributed by atoms with Crippen molar-refractivity contribution >= 4 is 0 Å². The second kappa shape index (κ2) is 7.81. The summed E-state index contributed by atoms with van der Waals surface area (Å²) in [5.41, 5.74) is -0.543. The van der Waals surface area contributed by atoms with Crippen molar-refractivity contribution in [1.29, 1.82) is 5.26 Å². The number of nitrogens with one attached hydrogen (secondary N) is 1. The summed E-state index contributed by atoms with van der Waals surface area (Å²) < 4.78 is 31.5. The molecule has 0 fully saturated rings. The molecule has 0 spiro atoms. The van der Waals surface area contributed by atoms with E-state index in [4.69, 9.17) is 10.00 Å². The molecule has 5 heteroatoms. The highest BCUT2D eigenvalue weighted by Gasteiger charge is 2.21. The van der Waals surface area contributed by atoms with Crippen molar-refractivity contribution in [1.82, 2.24) is 5.32 Å². The first-order valence-corrected chi connectivity index (χ1v) is 6.75. The molecule has 0 aromatic heterocycles. The Balaban J connectivity index is 2.32. The van der Waals surface area contributed by atoms with Gasteiger partial charge in [-0.15, -0.1) is 0 Å². The lowest BCUT2D eigenvalue weighted by molar-refractivity contribution is 0.279. The fraction of sp³-hybridized carbons (Fsp3) is 0.533. The van der Waals surface area contributed by atoms with Gasteiger partial charge in [0, 0.05) is 0 Å². The Morgan fingerprint density at radius 2 is 2.10 bits per heavy atom. The zero-order valence-electron chi connectivity index (χ0n) is 11.9. The van der Waals surface area contributed by atoms with Crippen LogP contribution in [-0.2, 0) is 0 Å². The summed E-state index contributed by atoms with van der Waals surface area (Å²) in [6, 6.07) is 6.10. The van der Waals surface area contributed by atoms with Gasteiger partial charge in [-0.25, -0.2) is 4.39 Å². The average molecular weight is 282 g/mol. The molecular weight excluding hydrogens is 262 g/mol. The fourth-order valence-electron chi connectivity index (χ4n) is 1.93. The van der Waals surface area contributed by atoms with Crippen LogP contribution in [0.1, 0.15) is 33.1 Å². The normalized spacial score (nSPS) is 13.6. The zero-order valence-corrected chi connectivity index (χ0v) is 11.9. The van der Waals surface area contributed by atoms with Gasteiger partial charge in [-0.05, 0) is 44.9 Å². The summed E-state index contributed by atoms with van der Waals surface area (Å²) in [6.07, 6.45) is 2.14. The molecule has 1 rings (SSSR count). The lowest BCUT2D eigenvalue weighted by Gasteiger charge is -2.22. The van der Waals surface area contributed by atoms with Gasteiger partial charge in [0.2, 0.25) is 5.82 Å². The zero-order chi connectivity index (χ0) is 15.0. The van der Waals surface area contributed by atoms with Crippen LogP contribution in [0.5, 0.6) is 5.75 Å². The molecule has 0 heterocycles. The predicted molar refractivity (Wildman–Crippen MR) is 73.4 cm³/mol. The Morgan fingerprint density at radius 1 is 1.35 bits per heavy atom. The highest BCUT2D eigenvalue weighted by molar-refractivity contribution is 5.24. The predicted octanol–water partition coefficient (Wildman–Crippen LogP) is 3.41. The third-order valence-corrected chi connectivity index (χ3v) is 3.06. The minimum Gasteiger partial charge on any atom is -0.490 e. The minimum atomic E-state index is -0.956. The van der Waals surface area contributed by atoms with Gasteiger partial charge in [0.25, 0.3) is 0 Å². The summed E-state index contributed by atoms with van der Waals surface area (Å²) in [6.45, 7) is 4.83. The summed E-state index contributed by atoms with van der Waals surface area (Å²) in [4.78, 5) is 0. The van der Waals surface area contributed by atoms with E-state index in [-0.39, 0.29) is 5.75 Å². The quantitative estimate of drug-likeness (QED) is 0.743. The third kappa shape index (κ3) is 4.78. The van der Waals surface area contributed by atoms with Crippen LogP contribution < -0.4 is 10.1 Å². The van der Waals surface area contributed by atoms with E-state index in [0.717, 1.165) is 19.0 Å². The number of halogens is 2. The lowest BCUT2D eigenvalue weighted by Crippen LogP contribution is -2.40. The Bertz CT molecular complexity index is 473. The minimum absolute atomic E-state index is 0.0697. The van der Waals surface area contributed by atoms with Gasteiger partial charge in [-0.1, -0.05) is 13.0 Å². The molecular formula is C15H20F2N2O. The van der Waals surface area contributed by atoms with E-state index < -0.39 is 17.2 Å². The van der Waals surface area contributed by atoms with Gasteiger partial charge in [0.05, 0.1) is 12.7 Å². The number of unbranched alkanes of at least 4 members (excludes halogenated alkanes) is 1. The molecule has 0 aliphatic heterocycles. The summed E-state index contributed by atoms with van der Waals surface area (Å²) in [7, 11) is 0. The van der Waals surface area contributed by atoms with Crippen LogP contribution >= 0.6 is 0 Å². The molecule has 0 aliphatic rings. The van der Waals surface area contributed by atoms with E-state index in [0.29, 0.717) is 19.4 Å². The molecule has 3 nitrogen and oxygen atoms in total. The fourth-order valence-corrected chi connectivity index (χ4v) is 1.93. The average Bonchev–Trinajstić information content (AvgIpc) is 2.43. The van der Waals surface area contributed by atoms with Crippen molar-refractivity contribution in [3.63, 3.8) is 0 Å². The molecule has 0 bridgehead atoms. The molecule has 0 radical (unpaired) electrons. The van der Waals surface area contributed by atoms with Crippen LogP contribution in [0.4, 0.5) is 8.78 Å². The number of rotatable bonds is 8. The Morgan fingerprint density at radius 3 is 2.75 bits per heavy atom. The largest absolute Gasteiger partial charge is 0.490 e. The van der Waals surface area contributed by atoms with Crippen LogP contribution in [0.15, 0.2) is 18.2 Å². The van der Waals surface area contributed by atoms with Crippen molar-refractivity contribution in [3.05, 3.63) is 29.8 Å². The first-order chi connectivity index (χ1) is 9.52. The van der Waals surface area contributed by atoms with E-state index in [1.54, 1.807) is 0 Å². The second-order valence-electron chi connectivity index (χ2n) is 4.83. The third-order valence-electron chi connectivity index (χ3n) is 3.06. The molecule has 1 N–H and O–H groups in total. The second-order valence-corrected chi connectivity index (χ2v) is 4.83. The standard InChI is InChI=1S/C15H20F2N2O/c1-3-19-15(2,11-18)9-4-5-10-20-13-8-6-7-12(16)14(13)17/h6-8,19H,3-5,9-10H2,1-2H3. The van der Waals surface area contributed by atoms with Crippen LogP contribution in [0.25, 0.3) is 0 Å². The molecule has 0 saturated heterocycles. The van der Waals surface area contributed by atoms with Crippen LogP contribution in [0, 0.1) is 23.0 Å². The number of hydrogen-bond acceptors (Lipinski definition) is 3. The molecule has 20 heavy (non-hydrogen) atoms. The first-order valence-electron chi connectivity index (χ1n) is 6.75. The van der Waals surface area contributed by atoms with Gasteiger partial charge < -0.3 is 4.74 Å². The Kier molecular flexibility index (Phi) is 6.40. The SMILES string of the molecule is CCNC(C)(C#N)CCCCOc1cccc(F)c1F. The highest BCUT2D eigenvalue weighted by atomic mass is 19.2. The number of hydrogen-bond donors (Lipinski definition) is 1. The van der Waals surface area contributed by atoms with Gasteiger partial charge >= 0.3 is 0 Å². The maximum Gasteiger partial charge on any atom is 0.200 e. The van der Waals surface area contributed by atoms with E-state index in [2.05, 4.69) is 11.4 Å². The van der Waals surface area contributed by atoms with Gasteiger partial charge in [0.15, 0.2) is 11.6 Å². The van der Waals surface area contributed by atoms with E-state index >= 15 is 0 Å². The van der Waals surface area contributed by atoms with Crippen molar-refractivity contribution < 1.29 is 13.5 Å². The van der Waals surface area contributed by atoms with Crippen LogP contribution in [0.3, 0.4) is 0 Å². The molecule has 110 valence electrons. The van der Waals surface area contributed by atoms with Gasteiger partial charge in [0.1, 0.15) is 5.54 Å². The van der Waals surface area contributed by atoms with E-state index in [9.17, 15) is 8.78 Å². The molecule has 1 unspecified atom stereocenters. The van der Waals surface area contributed by atoms with Crippen LogP contribution in [0.2, 0.25) is 0 Å². The molecule has 0 saturated carbocycles. The molecule has 1 aromatic carbocycles. The Labute approximate surface area is 118 Å². The molecule has 1 aromatic rings. The van der Waals surface area contributed by atoms with E-state index in [1.807, 2.05) is 13.8 Å². The maximum atomic E-state index is 13.3. The summed E-state index contributed by atoms with van der Waals surface area (Å²) in [5, 5.41) is 12.2. The molecule has 0 amide bonds. The van der Waals surface area contributed by atoms with E-state index in [1.165, 1.54) is 12.1 Å². The number of nitrogens with zero attached hydrogens (tertiary/aromatic N) is 1. The first kappa shape index (κ1) is 16.4. The summed E-state index contributed by atoms with van der Waals surface area (Å²) >= 11 is 0. The monoisotopic (exact) mass is 282 g/mol. The smallest absolute Gasteiger partial charge is 0.200 e. The highest BCUT2D eigenvalue weighted by Crippen LogP contribution is 2.20. The van der Waals surface area contributed by atoms with Crippen molar-refractivity contribution in [3.8, 4) is 11.8 Å². The number of benzene rings is 1. The lowest BCUT2D eigenvalue weighted by atomic mass is 9.97. The van der Waals surface area contributed by atoms with Crippen molar-refractivity contribution in [2.24, 2.45) is 0 Å². The van der Waals surface area contributed by atoms with Crippen molar-refractivity contribution in [2.75, 3.05) is 13.2 Å². The van der Waals surface area contributed by atoms with Gasteiger partial charge in [-0.2, -0.15) is 9.65 Å². The van der Waals surface area contributed by atoms with Gasteiger partial charge in [-0.3, -0.25) is 5.32 Å². The van der Waals surface area contributed by atoms with Crippen LogP contribution in [-0.4, -0.2) is 18.7 Å². The molecule has 0 aliphatic carbocycles.